The summed E-state index contributed by atoms with van der Waals surface area (Å²) in [4.78, 5) is 28.3. The second-order valence-electron chi connectivity index (χ2n) is 7.01. The molecule has 1 aromatic rings. The number of amides is 2. The zero-order valence-corrected chi connectivity index (χ0v) is 15.3. The molecular formula is C16H27N3O3S. The maximum Gasteiger partial charge on any atom is 0.405 e. The van der Waals surface area contributed by atoms with E-state index in [0.717, 1.165) is 11.3 Å². The zero-order valence-electron chi connectivity index (χ0n) is 14.5. The Hall–Kier alpha value is -1.63. The standard InChI is InChI=1S/C16H27N3O3S/c1-6-7-11(18-15(21)22)13(20)19-14-17-9-12(23-14)10(2)8-16(3,4)5/h9-11,18H,6-8H2,1-5H3,(H,21,22)(H,17,19,20). The molecule has 2 atom stereocenters. The molecule has 3 N–H and O–H groups in total. The summed E-state index contributed by atoms with van der Waals surface area (Å²) in [6.45, 7) is 10.6. The molecule has 0 aliphatic heterocycles. The molecule has 0 aliphatic carbocycles. The summed E-state index contributed by atoms with van der Waals surface area (Å²) in [6.07, 6.45) is 2.79. The van der Waals surface area contributed by atoms with Crippen molar-refractivity contribution in [2.24, 2.45) is 5.41 Å². The summed E-state index contributed by atoms with van der Waals surface area (Å²) >= 11 is 1.45. The summed E-state index contributed by atoms with van der Waals surface area (Å²) in [7, 11) is 0. The lowest BCUT2D eigenvalue weighted by atomic mass is 9.85. The average Bonchev–Trinajstić information content (AvgIpc) is 2.84. The van der Waals surface area contributed by atoms with E-state index in [2.05, 4.69) is 43.3 Å². The van der Waals surface area contributed by atoms with Crippen molar-refractivity contribution in [1.29, 1.82) is 0 Å². The molecule has 1 aromatic heterocycles. The smallest absolute Gasteiger partial charge is 0.405 e. The molecule has 130 valence electrons. The van der Waals surface area contributed by atoms with E-state index >= 15 is 0 Å². The minimum atomic E-state index is -1.20. The molecule has 0 bridgehead atoms. The van der Waals surface area contributed by atoms with Gasteiger partial charge in [0.05, 0.1) is 0 Å². The highest BCUT2D eigenvalue weighted by molar-refractivity contribution is 7.15. The van der Waals surface area contributed by atoms with Gasteiger partial charge in [-0.3, -0.25) is 4.79 Å². The Labute approximate surface area is 141 Å². The Morgan fingerprint density at radius 3 is 2.57 bits per heavy atom. The predicted octanol–water partition coefficient (Wildman–Crippen LogP) is 4.06. The fraction of sp³-hybridized carbons (Fsp3) is 0.688. The van der Waals surface area contributed by atoms with Gasteiger partial charge in [0.2, 0.25) is 5.91 Å². The van der Waals surface area contributed by atoms with Gasteiger partial charge in [0, 0.05) is 11.1 Å². The molecule has 0 saturated carbocycles. The van der Waals surface area contributed by atoms with Gasteiger partial charge in [-0.1, -0.05) is 41.0 Å². The first-order valence-corrected chi connectivity index (χ1v) is 8.70. The molecule has 7 heteroatoms. The Balaban J connectivity index is 2.70. The van der Waals surface area contributed by atoms with Crippen LogP contribution in [0.1, 0.15) is 64.7 Å². The van der Waals surface area contributed by atoms with Crippen LogP contribution in [0.25, 0.3) is 0 Å². The second kappa shape index (κ2) is 8.29. The molecule has 0 fully saturated rings. The number of carbonyl (C=O) groups excluding carboxylic acids is 1. The van der Waals surface area contributed by atoms with Crippen molar-refractivity contribution < 1.29 is 14.7 Å². The van der Waals surface area contributed by atoms with Crippen molar-refractivity contribution in [2.75, 3.05) is 5.32 Å². The molecule has 0 saturated heterocycles. The van der Waals surface area contributed by atoms with Crippen LogP contribution in [0.4, 0.5) is 9.93 Å². The minimum absolute atomic E-state index is 0.227. The van der Waals surface area contributed by atoms with Crippen molar-refractivity contribution >= 4 is 28.5 Å². The maximum atomic E-state index is 12.2. The van der Waals surface area contributed by atoms with E-state index in [1.165, 1.54) is 11.3 Å². The number of thiazole rings is 1. The van der Waals surface area contributed by atoms with Crippen molar-refractivity contribution in [3.05, 3.63) is 11.1 Å². The highest BCUT2D eigenvalue weighted by Crippen LogP contribution is 2.34. The van der Waals surface area contributed by atoms with E-state index in [9.17, 15) is 9.59 Å². The van der Waals surface area contributed by atoms with Crippen molar-refractivity contribution in [3.8, 4) is 0 Å². The van der Waals surface area contributed by atoms with Crippen molar-refractivity contribution in [1.82, 2.24) is 10.3 Å². The number of carbonyl (C=O) groups is 2. The van der Waals surface area contributed by atoms with Gasteiger partial charge in [0.15, 0.2) is 5.13 Å². The normalized spacial score (nSPS) is 14.1. The Morgan fingerprint density at radius 1 is 1.39 bits per heavy atom. The van der Waals surface area contributed by atoms with Gasteiger partial charge in [-0.25, -0.2) is 9.78 Å². The second-order valence-corrected chi connectivity index (χ2v) is 8.08. The molecule has 1 rings (SSSR count). The van der Waals surface area contributed by atoms with Gasteiger partial charge in [0.1, 0.15) is 6.04 Å². The third-order valence-electron chi connectivity index (χ3n) is 3.35. The SMILES string of the molecule is CCCC(NC(=O)O)C(=O)Nc1ncc(C(C)CC(C)(C)C)s1. The maximum absolute atomic E-state index is 12.2. The number of anilines is 1. The van der Waals surface area contributed by atoms with E-state index < -0.39 is 12.1 Å². The highest BCUT2D eigenvalue weighted by Gasteiger charge is 2.22. The molecule has 2 amide bonds. The van der Waals surface area contributed by atoms with Gasteiger partial charge < -0.3 is 15.7 Å². The average molecular weight is 341 g/mol. The van der Waals surface area contributed by atoms with Crippen molar-refractivity contribution in [2.45, 2.75) is 65.8 Å². The summed E-state index contributed by atoms with van der Waals surface area (Å²) < 4.78 is 0. The molecular weight excluding hydrogens is 314 g/mol. The molecule has 0 radical (unpaired) electrons. The topological polar surface area (TPSA) is 91.3 Å². The summed E-state index contributed by atoms with van der Waals surface area (Å²) in [5, 5.41) is 14.3. The Bertz CT molecular complexity index is 537. The van der Waals surface area contributed by atoms with Crippen LogP contribution in [0.2, 0.25) is 0 Å². The lowest BCUT2D eigenvalue weighted by Crippen LogP contribution is -2.43. The van der Waals surface area contributed by atoms with Gasteiger partial charge in [-0.2, -0.15) is 0 Å². The fourth-order valence-corrected chi connectivity index (χ4v) is 3.36. The number of hydrogen-bond acceptors (Lipinski definition) is 4. The molecule has 6 nitrogen and oxygen atoms in total. The van der Waals surface area contributed by atoms with Crippen LogP contribution in [0, 0.1) is 5.41 Å². The molecule has 0 aliphatic rings. The van der Waals surface area contributed by atoms with Gasteiger partial charge in [0.25, 0.3) is 0 Å². The zero-order chi connectivity index (χ0) is 17.6. The first-order chi connectivity index (χ1) is 10.6. The van der Waals surface area contributed by atoms with Crippen molar-refractivity contribution in [3.63, 3.8) is 0 Å². The van der Waals surface area contributed by atoms with Crippen LogP contribution in [-0.2, 0) is 4.79 Å². The molecule has 1 heterocycles. The number of nitrogens with zero attached hydrogens (tertiary/aromatic N) is 1. The Kier molecular flexibility index (Phi) is 7.00. The van der Waals surface area contributed by atoms with Gasteiger partial charge in [-0.15, -0.1) is 11.3 Å². The molecule has 23 heavy (non-hydrogen) atoms. The minimum Gasteiger partial charge on any atom is -0.465 e. The third kappa shape index (κ3) is 6.99. The first-order valence-electron chi connectivity index (χ1n) is 7.88. The molecule has 0 aromatic carbocycles. The number of rotatable bonds is 7. The van der Waals surface area contributed by atoms with Crippen LogP contribution in [0.15, 0.2) is 6.20 Å². The third-order valence-corrected chi connectivity index (χ3v) is 4.49. The fourth-order valence-electron chi connectivity index (χ4n) is 2.49. The lowest BCUT2D eigenvalue weighted by molar-refractivity contribution is -0.118. The summed E-state index contributed by atoms with van der Waals surface area (Å²) in [5.41, 5.74) is 0.227. The predicted molar refractivity (Wildman–Crippen MR) is 93.1 cm³/mol. The lowest BCUT2D eigenvalue weighted by Gasteiger charge is -2.22. The van der Waals surface area contributed by atoms with Crippen LogP contribution in [0.3, 0.4) is 0 Å². The highest BCUT2D eigenvalue weighted by atomic mass is 32.1. The summed E-state index contributed by atoms with van der Waals surface area (Å²) in [6, 6.07) is -0.753. The van der Waals surface area contributed by atoms with Crippen LogP contribution in [-0.4, -0.2) is 28.1 Å². The van der Waals surface area contributed by atoms with E-state index in [4.69, 9.17) is 5.11 Å². The number of aromatic nitrogens is 1. The van der Waals surface area contributed by atoms with Gasteiger partial charge in [-0.05, 0) is 24.2 Å². The van der Waals surface area contributed by atoms with E-state index in [0.29, 0.717) is 23.9 Å². The molecule has 0 spiro atoms. The quantitative estimate of drug-likeness (QED) is 0.697. The van der Waals surface area contributed by atoms with Gasteiger partial charge >= 0.3 is 6.09 Å². The summed E-state index contributed by atoms with van der Waals surface area (Å²) in [5.74, 6) is 0.000333. The van der Waals surface area contributed by atoms with E-state index in [-0.39, 0.29) is 11.3 Å². The monoisotopic (exact) mass is 341 g/mol. The number of nitrogens with one attached hydrogen (secondary N) is 2. The largest absolute Gasteiger partial charge is 0.465 e. The molecule has 2 unspecified atom stereocenters. The van der Waals surface area contributed by atoms with Crippen LogP contribution >= 0.6 is 11.3 Å². The van der Waals surface area contributed by atoms with Crippen LogP contribution < -0.4 is 10.6 Å². The van der Waals surface area contributed by atoms with E-state index in [1.54, 1.807) is 6.20 Å². The number of carboxylic acid groups (broad SMARTS) is 1. The number of hydrogen-bond donors (Lipinski definition) is 3. The van der Waals surface area contributed by atoms with E-state index in [1.807, 2.05) is 6.92 Å². The van der Waals surface area contributed by atoms with Crippen LogP contribution in [0.5, 0.6) is 0 Å². The Morgan fingerprint density at radius 2 is 2.04 bits per heavy atom. The first kappa shape index (κ1) is 19.4.